The van der Waals surface area contributed by atoms with E-state index in [0.29, 0.717) is 11.7 Å². The SMILES string of the molecule is Oc1cc2c(c(C3CCCNC3)c1)OCO2. The van der Waals surface area contributed by atoms with Gasteiger partial charge in [0.2, 0.25) is 6.79 Å². The Hall–Kier alpha value is -1.42. The number of benzene rings is 1. The molecule has 0 spiro atoms. The first-order chi connectivity index (χ1) is 7.84. The fourth-order valence-electron chi connectivity index (χ4n) is 2.44. The fraction of sp³-hybridized carbons (Fsp3) is 0.500. The van der Waals surface area contributed by atoms with Gasteiger partial charge >= 0.3 is 0 Å². The third-order valence-corrected chi connectivity index (χ3v) is 3.22. The van der Waals surface area contributed by atoms with E-state index in [1.165, 1.54) is 0 Å². The predicted molar refractivity (Wildman–Crippen MR) is 59.1 cm³/mol. The zero-order valence-corrected chi connectivity index (χ0v) is 9.03. The topological polar surface area (TPSA) is 50.7 Å². The predicted octanol–water partition coefficient (Wildman–Crippen LogP) is 1.59. The molecule has 1 aromatic carbocycles. The molecule has 2 aliphatic heterocycles. The van der Waals surface area contributed by atoms with Crippen LogP contribution >= 0.6 is 0 Å². The zero-order valence-electron chi connectivity index (χ0n) is 9.03. The molecule has 1 unspecified atom stereocenters. The highest BCUT2D eigenvalue weighted by Crippen LogP contribution is 2.43. The number of nitrogens with one attached hydrogen (secondary N) is 1. The number of hydrogen-bond acceptors (Lipinski definition) is 4. The highest BCUT2D eigenvalue weighted by molar-refractivity contribution is 5.54. The number of fused-ring (bicyclic) bond motifs is 1. The van der Waals surface area contributed by atoms with Crippen LogP contribution in [-0.4, -0.2) is 25.0 Å². The summed E-state index contributed by atoms with van der Waals surface area (Å²) < 4.78 is 10.8. The van der Waals surface area contributed by atoms with E-state index in [9.17, 15) is 5.11 Å². The molecule has 86 valence electrons. The Bertz CT molecular complexity index is 399. The maximum absolute atomic E-state index is 9.65. The minimum atomic E-state index is 0.254. The molecule has 0 amide bonds. The van der Waals surface area contributed by atoms with Crippen molar-refractivity contribution in [1.82, 2.24) is 5.32 Å². The normalized spacial score (nSPS) is 23.4. The second-order valence-electron chi connectivity index (χ2n) is 4.31. The zero-order chi connectivity index (χ0) is 11.0. The molecular formula is C12H15NO3. The highest BCUT2D eigenvalue weighted by atomic mass is 16.7. The molecule has 0 bridgehead atoms. The Morgan fingerprint density at radius 3 is 3.06 bits per heavy atom. The molecule has 3 rings (SSSR count). The van der Waals surface area contributed by atoms with Crippen molar-refractivity contribution in [1.29, 1.82) is 0 Å². The molecule has 0 saturated carbocycles. The third kappa shape index (κ3) is 1.59. The van der Waals surface area contributed by atoms with Crippen molar-refractivity contribution in [2.45, 2.75) is 18.8 Å². The van der Waals surface area contributed by atoms with E-state index >= 15 is 0 Å². The van der Waals surface area contributed by atoms with Gasteiger partial charge in [-0.25, -0.2) is 0 Å². The Balaban J connectivity index is 1.99. The molecule has 0 aliphatic carbocycles. The van der Waals surface area contributed by atoms with E-state index in [1.807, 2.05) is 0 Å². The second kappa shape index (κ2) is 3.87. The molecule has 16 heavy (non-hydrogen) atoms. The Kier molecular flexibility index (Phi) is 2.36. The van der Waals surface area contributed by atoms with Gasteiger partial charge in [0.05, 0.1) is 0 Å². The van der Waals surface area contributed by atoms with Crippen LogP contribution in [0.25, 0.3) is 0 Å². The Morgan fingerprint density at radius 2 is 2.25 bits per heavy atom. The van der Waals surface area contributed by atoms with Crippen LogP contribution in [0.15, 0.2) is 12.1 Å². The minimum Gasteiger partial charge on any atom is -0.508 e. The van der Waals surface area contributed by atoms with Crippen LogP contribution in [0.5, 0.6) is 17.2 Å². The van der Waals surface area contributed by atoms with Crippen molar-refractivity contribution < 1.29 is 14.6 Å². The van der Waals surface area contributed by atoms with Crippen molar-refractivity contribution in [2.24, 2.45) is 0 Å². The second-order valence-corrected chi connectivity index (χ2v) is 4.31. The summed E-state index contributed by atoms with van der Waals surface area (Å²) >= 11 is 0. The van der Waals surface area contributed by atoms with Crippen molar-refractivity contribution in [3.63, 3.8) is 0 Å². The van der Waals surface area contributed by atoms with Gasteiger partial charge in [0.1, 0.15) is 5.75 Å². The molecule has 1 fully saturated rings. The monoisotopic (exact) mass is 221 g/mol. The highest BCUT2D eigenvalue weighted by Gasteiger charge is 2.25. The number of ether oxygens (including phenoxy) is 2. The summed E-state index contributed by atoms with van der Waals surface area (Å²) in [5.74, 6) is 2.15. The maximum Gasteiger partial charge on any atom is 0.231 e. The molecule has 0 aromatic heterocycles. The van der Waals surface area contributed by atoms with Crippen molar-refractivity contribution >= 4 is 0 Å². The summed E-state index contributed by atoms with van der Waals surface area (Å²) in [5.41, 5.74) is 1.07. The number of phenolic OH excluding ortho intramolecular Hbond substituents is 1. The van der Waals surface area contributed by atoms with E-state index in [-0.39, 0.29) is 12.5 Å². The van der Waals surface area contributed by atoms with E-state index < -0.39 is 0 Å². The standard InChI is InChI=1S/C12H15NO3/c14-9-4-10(8-2-1-3-13-6-8)12-11(5-9)15-7-16-12/h4-5,8,13-14H,1-3,6-7H2. The molecule has 2 N–H and O–H groups in total. The van der Waals surface area contributed by atoms with Gasteiger partial charge in [0.15, 0.2) is 11.5 Å². The van der Waals surface area contributed by atoms with E-state index in [0.717, 1.165) is 37.2 Å². The van der Waals surface area contributed by atoms with E-state index in [1.54, 1.807) is 12.1 Å². The average molecular weight is 221 g/mol. The van der Waals surface area contributed by atoms with Crippen LogP contribution in [0.4, 0.5) is 0 Å². The van der Waals surface area contributed by atoms with Gasteiger partial charge in [-0.2, -0.15) is 0 Å². The van der Waals surface area contributed by atoms with Crippen molar-refractivity contribution in [3.8, 4) is 17.2 Å². The first kappa shape index (κ1) is 9.78. The van der Waals surface area contributed by atoms with Gasteiger partial charge in [0, 0.05) is 24.1 Å². The molecule has 2 heterocycles. The van der Waals surface area contributed by atoms with Crippen LogP contribution in [0.3, 0.4) is 0 Å². The first-order valence-electron chi connectivity index (χ1n) is 5.68. The van der Waals surface area contributed by atoms with Gasteiger partial charge < -0.3 is 19.9 Å². The molecular weight excluding hydrogens is 206 g/mol. The van der Waals surface area contributed by atoms with Crippen molar-refractivity contribution in [3.05, 3.63) is 17.7 Å². The number of aromatic hydroxyl groups is 1. The molecule has 4 nitrogen and oxygen atoms in total. The molecule has 4 heteroatoms. The average Bonchev–Trinajstić information content (AvgIpc) is 2.77. The summed E-state index contributed by atoms with van der Waals surface area (Å²) in [7, 11) is 0. The van der Waals surface area contributed by atoms with Crippen molar-refractivity contribution in [2.75, 3.05) is 19.9 Å². The quantitative estimate of drug-likeness (QED) is 0.756. The smallest absolute Gasteiger partial charge is 0.231 e. The lowest BCUT2D eigenvalue weighted by Gasteiger charge is -2.24. The summed E-state index contributed by atoms with van der Waals surface area (Å²) in [6.45, 7) is 2.28. The molecule has 0 radical (unpaired) electrons. The van der Waals surface area contributed by atoms with Gasteiger partial charge in [-0.15, -0.1) is 0 Å². The fourth-order valence-corrected chi connectivity index (χ4v) is 2.44. The maximum atomic E-state index is 9.65. The van der Waals surface area contributed by atoms with Crippen LogP contribution in [0, 0.1) is 0 Å². The summed E-state index contributed by atoms with van der Waals surface area (Å²) in [5, 5.41) is 13.0. The number of phenols is 1. The van der Waals surface area contributed by atoms with Gasteiger partial charge in [0.25, 0.3) is 0 Å². The number of rotatable bonds is 1. The van der Waals surface area contributed by atoms with Gasteiger partial charge in [-0.1, -0.05) is 0 Å². The number of hydrogen-bond donors (Lipinski definition) is 2. The summed E-state index contributed by atoms with van der Waals surface area (Å²) in [6, 6.07) is 3.41. The molecule has 2 aliphatic rings. The van der Waals surface area contributed by atoms with Gasteiger partial charge in [-0.05, 0) is 25.5 Å². The lowest BCUT2D eigenvalue weighted by atomic mass is 9.90. The summed E-state index contributed by atoms with van der Waals surface area (Å²) in [6.07, 6.45) is 2.29. The minimum absolute atomic E-state index is 0.254. The molecule has 1 saturated heterocycles. The summed E-state index contributed by atoms with van der Waals surface area (Å²) in [4.78, 5) is 0. The van der Waals surface area contributed by atoms with E-state index in [4.69, 9.17) is 9.47 Å². The lowest BCUT2D eigenvalue weighted by Crippen LogP contribution is -2.28. The van der Waals surface area contributed by atoms with E-state index in [2.05, 4.69) is 5.32 Å². The Morgan fingerprint density at radius 1 is 1.31 bits per heavy atom. The number of piperidine rings is 1. The first-order valence-corrected chi connectivity index (χ1v) is 5.68. The van der Waals surface area contributed by atoms with Crippen LogP contribution in [0.2, 0.25) is 0 Å². The van der Waals surface area contributed by atoms with Crippen LogP contribution < -0.4 is 14.8 Å². The molecule has 1 aromatic rings. The van der Waals surface area contributed by atoms with Crippen LogP contribution in [0.1, 0.15) is 24.3 Å². The van der Waals surface area contributed by atoms with Gasteiger partial charge in [-0.3, -0.25) is 0 Å². The van der Waals surface area contributed by atoms with Crippen LogP contribution in [-0.2, 0) is 0 Å². The molecule has 1 atom stereocenters. The lowest BCUT2D eigenvalue weighted by molar-refractivity contribution is 0.172. The third-order valence-electron chi connectivity index (χ3n) is 3.22. The largest absolute Gasteiger partial charge is 0.508 e. The Labute approximate surface area is 94.2 Å².